The van der Waals surface area contributed by atoms with Crippen molar-refractivity contribution < 1.29 is 18.7 Å². The van der Waals surface area contributed by atoms with Crippen LogP contribution >= 0.6 is 0 Å². The first-order chi connectivity index (χ1) is 12.2. The van der Waals surface area contributed by atoms with Gasteiger partial charge in [0.05, 0.1) is 5.56 Å². The fraction of sp³-hybridized carbons (Fsp3) is 0.400. The largest absolute Gasteiger partial charge is 0.481 e. The van der Waals surface area contributed by atoms with Gasteiger partial charge in [-0.25, -0.2) is 0 Å². The molecule has 0 unspecified atom stereocenters. The first-order valence-electron chi connectivity index (χ1n) is 8.63. The molecule has 2 aromatic rings. The molecule has 6 heteroatoms. The molecule has 1 heterocycles. The van der Waals surface area contributed by atoms with Gasteiger partial charge in [-0.15, -0.1) is 0 Å². The van der Waals surface area contributed by atoms with Crippen molar-refractivity contribution in [2.75, 3.05) is 0 Å². The van der Waals surface area contributed by atoms with Gasteiger partial charge in [-0.05, 0) is 62.9 Å². The van der Waals surface area contributed by atoms with Crippen LogP contribution in [0.4, 0.5) is 0 Å². The Bertz CT molecular complexity index is 808. The average Bonchev–Trinajstić information content (AvgIpc) is 2.90. The normalized spacial score (nSPS) is 12.0. The zero-order valence-electron chi connectivity index (χ0n) is 16.1. The van der Waals surface area contributed by atoms with E-state index in [1.807, 2.05) is 25.1 Å². The predicted octanol–water partition coefficient (Wildman–Crippen LogP) is 3.56. The maximum Gasteiger partial charge on any atom is 0.279 e. The number of hydrazine groups is 1. The van der Waals surface area contributed by atoms with Gasteiger partial charge in [0.2, 0.25) is 0 Å². The highest BCUT2D eigenvalue weighted by molar-refractivity contribution is 5.96. The van der Waals surface area contributed by atoms with Crippen LogP contribution in [0.2, 0.25) is 0 Å². The van der Waals surface area contributed by atoms with Crippen molar-refractivity contribution in [3.8, 4) is 5.75 Å². The number of hydrogen-bond acceptors (Lipinski definition) is 4. The molecule has 2 N–H and O–H groups in total. The lowest BCUT2D eigenvalue weighted by molar-refractivity contribution is -0.128. The van der Waals surface area contributed by atoms with E-state index >= 15 is 0 Å². The van der Waals surface area contributed by atoms with Crippen LogP contribution in [0.5, 0.6) is 5.75 Å². The minimum Gasteiger partial charge on any atom is -0.481 e. The van der Waals surface area contributed by atoms with Gasteiger partial charge in [-0.3, -0.25) is 20.4 Å². The molecule has 0 bridgehead atoms. The van der Waals surface area contributed by atoms with Crippen molar-refractivity contribution in [1.29, 1.82) is 0 Å². The Kier molecular flexibility index (Phi) is 6.08. The molecule has 0 spiro atoms. The van der Waals surface area contributed by atoms with Gasteiger partial charge in [-0.2, -0.15) is 0 Å². The van der Waals surface area contributed by atoms with Crippen molar-refractivity contribution in [2.24, 2.45) is 0 Å². The van der Waals surface area contributed by atoms with Crippen LogP contribution in [0.1, 0.15) is 59.7 Å². The molecule has 26 heavy (non-hydrogen) atoms. The summed E-state index contributed by atoms with van der Waals surface area (Å²) in [6, 6.07) is 7.39. The van der Waals surface area contributed by atoms with Crippen LogP contribution in [-0.4, -0.2) is 17.9 Å². The van der Waals surface area contributed by atoms with Crippen LogP contribution in [-0.2, 0) is 4.79 Å². The third-order valence-electron chi connectivity index (χ3n) is 4.13. The van der Waals surface area contributed by atoms with Gasteiger partial charge < -0.3 is 9.15 Å². The summed E-state index contributed by atoms with van der Waals surface area (Å²) in [6.07, 6.45) is -0.758. The van der Waals surface area contributed by atoms with Crippen molar-refractivity contribution in [3.63, 3.8) is 0 Å². The van der Waals surface area contributed by atoms with Crippen molar-refractivity contribution in [2.45, 2.75) is 53.6 Å². The standard InChI is InChI=1S/C20H26N2O4/c1-11(2)17-8-7-16(9-12(17)3)26-15(6)19(23)21-22-20(24)18-10-13(4)25-14(18)5/h7-11,15H,1-6H3,(H,21,23)(H,22,24)/t15-/m0/s1. The minimum atomic E-state index is -0.758. The van der Waals surface area contributed by atoms with Gasteiger partial charge in [0, 0.05) is 0 Å². The highest BCUT2D eigenvalue weighted by Crippen LogP contribution is 2.24. The zero-order chi connectivity index (χ0) is 19.4. The summed E-state index contributed by atoms with van der Waals surface area (Å²) in [5, 5.41) is 0. The third-order valence-corrected chi connectivity index (χ3v) is 4.13. The Hall–Kier alpha value is -2.76. The number of benzene rings is 1. The van der Waals surface area contributed by atoms with Crippen molar-refractivity contribution >= 4 is 11.8 Å². The summed E-state index contributed by atoms with van der Waals surface area (Å²) in [5.41, 5.74) is 7.50. The zero-order valence-corrected chi connectivity index (χ0v) is 16.1. The van der Waals surface area contributed by atoms with E-state index in [2.05, 4.69) is 24.7 Å². The molecular formula is C20H26N2O4. The summed E-state index contributed by atoms with van der Waals surface area (Å²) in [4.78, 5) is 24.2. The van der Waals surface area contributed by atoms with Gasteiger partial charge in [0.15, 0.2) is 6.10 Å². The van der Waals surface area contributed by atoms with E-state index in [-0.39, 0.29) is 0 Å². The fourth-order valence-corrected chi connectivity index (χ4v) is 2.77. The van der Waals surface area contributed by atoms with E-state index in [0.717, 1.165) is 5.56 Å². The molecule has 0 aliphatic carbocycles. The molecule has 0 aliphatic heterocycles. The second-order valence-electron chi connectivity index (χ2n) is 6.70. The number of rotatable bonds is 5. The average molecular weight is 358 g/mol. The van der Waals surface area contributed by atoms with Crippen LogP contribution in [0, 0.1) is 20.8 Å². The number of carbonyl (C=O) groups excluding carboxylic acids is 2. The lowest BCUT2D eigenvalue weighted by atomic mass is 9.98. The molecule has 0 aliphatic rings. The Balaban J connectivity index is 1.92. The summed E-state index contributed by atoms with van der Waals surface area (Å²) in [6.45, 7) is 11.3. The smallest absolute Gasteiger partial charge is 0.279 e. The summed E-state index contributed by atoms with van der Waals surface area (Å²) in [7, 11) is 0. The molecule has 2 amide bonds. The second-order valence-corrected chi connectivity index (χ2v) is 6.70. The maximum absolute atomic E-state index is 12.2. The van der Waals surface area contributed by atoms with Crippen LogP contribution < -0.4 is 15.6 Å². The topological polar surface area (TPSA) is 80.6 Å². The van der Waals surface area contributed by atoms with Gasteiger partial charge in [-0.1, -0.05) is 19.9 Å². The van der Waals surface area contributed by atoms with E-state index in [4.69, 9.17) is 9.15 Å². The highest BCUT2D eigenvalue weighted by atomic mass is 16.5. The van der Waals surface area contributed by atoms with E-state index in [0.29, 0.717) is 28.8 Å². The van der Waals surface area contributed by atoms with Crippen LogP contribution in [0.15, 0.2) is 28.7 Å². The number of aryl methyl sites for hydroxylation is 3. The molecule has 0 radical (unpaired) electrons. The molecule has 6 nitrogen and oxygen atoms in total. The lowest BCUT2D eigenvalue weighted by Gasteiger charge is -2.17. The minimum absolute atomic E-state index is 0.385. The monoisotopic (exact) mass is 358 g/mol. The molecule has 1 aromatic carbocycles. The molecule has 1 aromatic heterocycles. The maximum atomic E-state index is 12.2. The highest BCUT2D eigenvalue weighted by Gasteiger charge is 2.18. The Morgan fingerprint density at radius 2 is 1.73 bits per heavy atom. The SMILES string of the molecule is Cc1cc(C(=O)NNC(=O)[C@H](C)Oc2ccc(C(C)C)c(C)c2)c(C)o1. The van der Waals surface area contributed by atoms with Crippen molar-refractivity contribution in [1.82, 2.24) is 10.9 Å². The Labute approximate surface area is 153 Å². The molecule has 1 atom stereocenters. The van der Waals surface area contributed by atoms with E-state index < -0.39 is 17.9 Å². The second kappa shape index (κ2) is 8.08. The Morgan fingerprint density at radius 1 is 1.04 bits per heavy atom. The molecule has 140 valence electrons. The molecule has 2 rings (SSSR count). The summed E-state index contributed by atoms with van der Waals surface area (Å²) >= 11 is 0. The van der Waals surface area contributed by atoms with Gasteiger partial charge >= 0.3 is 0 Å². The number of ether oxygens (including phenoxy) is 1. The van der Waals surface area contributed by atoms with E-state index in [1.54, 1.807) is 26.8 Å². The molecule has 0 saturated heterocycles. The van der Waals surface area contributed by atoms with Crippen LogP contribution in [0.25, 0.3) is 0 Å². The number of furan rings is 1. The number of hydrogen-bond donors (Lipinski definition) is 2. The molecule has 0 fully saturated rings. The first-order valence-corrected chi connectivity index (χ1v) is 8.63. The third kappa shape index (κ3) is 4.65. The van der Waals surface area contributed by atoms with E-state index in [9.17, 15) is 9.59 Å². The first kappa shape index (κ1) is 19.6. The number of nitrogens with one attached hydrogen (secondary N) is 2. The molecular weight excluding hydrogens is 332 g/mol. The summed E-state index contributed by atoms with van der Waals surface area (Å²) in [5.74, 6) is 1.30. The van der Waals surface area contributed by atoms with Crippen LogP contribution in [0.3, 0.4) is 0 Å². The van der Waals surface area contributed by atoms with Gasteiger partial charge in [0.1, 0.15) is 17.3 Å². The lowest BCUT2D eigenvalue weighted by Crippen LogP contribution is -2.47. The fourth-order valence-electron chi connectivity index (χ4n) is 2.77. The number of amides is 2. The summed E-state index contributed by atoms with van der Waals surface area (Å²) < 4.78 is 11.0. The van der Waals surface area contributed by atoms with Gasteiger partial charge in [0.25, 0.3) is 11.8 Å². The van der Waals surface area contributed by atoms with Crippen molar-refractivity contribution in [3.05, 3.63) is 52.5 Å². The quantitative estimate of drug-likeness (QED) is 0.801. The number of carbonyl (C=O) groups is 2. The molecule has 0 saturated carbocycles. The predicted molar refractivity (Wildman–Crippen MR) is 99.1 cm³/mol. The Morgan fingerprint density at radius 3 is 2.27 bits per heavy atom. The van der Waals surface area contributed by atoms with E-state index in [1.165, 1.54) is 5.56 Å².